The van der Waals surface area contributed by atoms with Gasteiger partial charge < -0.3 is 15.5 Å². The molecule has 19 heavy (non-hydrogen) atoms. The van der Waals surface area contributed by atoms with Crippen LogP contribution in [0.1, 0.15) is 37.0 Å². The molecule has 0 aliphatic heterocycles. The van der Waals surface area contributed by atoms with Crippen molar-refractivity contribution in [2.45, 2.75) is 26.7 Å². The van der Waals surface area contributed by atoms with E-state index in [-0.39, 0.29) is 5.97 Å². The van der Waals surface area contributed by atoms with Gasteiger partial charge in [-0.05, 0) is 37.0 Å². The van der Waals surface area contributed by atoms with Crippen LogP contribution >= 0.6 is 0 Å². The first-order chi connectivity index (χ1) is 9.08. The van der Waals surface area contributed by atoms with Gasteiger partial charge in [-0.25, -0.2) is 4.79 Å². The second-order valence-electron chi connectivity index (χ2n) is 5.18. The molecule has 1 heterocycles. The van der Waals surface area contributed by atoms with Gasteiger partial charge in [0.05, 0.1) is 12.2 Å². The molecule has 2 aromatic rings. The molecule has 1 aromatic heterocycles. The van der Waals surface area contributed by atoms with E-state index in [4.69, 9.17) is 10.5 Å². The molecule has 0 amide bonds. The average molecular weight is 260 g/mol. The SMILES string of the molecule is CC(C)CCCOC(=O)c1c[nH]c2cc(N)ccc12. The normalized spacial score (nSPS) is 11.1. The number of hydrogen-bond donors (Lipinski definition) is 2. The lowest BCUT2D eigenvalue weighted by atomic mass is 10.1. The smallest absolute Gasteiger partial charge is 0.340 e. The van der Waals surface area contributed by atoms with Crippen LogP contribution in [0.2, 0.25) is 0 Å². The first kappa shape index (κ1) is 13.5. The van der Waals surface area contributed by atoms with Crippen LogP contribution in [0.25, 0.3) is 10.9 Å². The lowest BCUT2D eigenvalue weighted by Gasteiger charge is -2.06. The van der Waals surface area contributed by atoms with E-state index < -0.39 is 0 Å². The van der Waals surface area contributed by atoms with Gasteiger partial charge in [0.15, 0.2) is 0 Å². The summed E-state index contributed by atoms with van der Waals surface area (Å²) in [4.78, 5) is 15.0. The summed E-state index contributed by atoms with van der Waals surface area (Å²) in [5.41, 5.74) is 7.80. The summed E-state index contributed by atoms with van der Waals surface area (Å²) in [7, 11) is 0. The molecule has 0 bridgehead atoms. The van der Waals surface area contributed by atoms with Gasteiger partial charge in [-0.3, -0.25) is 0 Å². The number of nitrogens with two attached hydrogens (primary N) is 1. The summed E-state index contributed by atoms with van der Waals surface area (Å²) in [6.45, 7) is 4.79. The van der Waals surface area contributed by atoms with Crippen LogP contribution in [0.3, 0.4) is 0 Å². The van der Waals surface area contributed by atoms with Crippen LogP contribution in [-0.2, 0) is 4.74 Å². The third kappa shape index (κ3) is 3.28. The fraction of sp³-hybridized carbons (Fsp3) is 0.400. The summed E-state index contributed by atoms with van der Waals surface area (Å²) < 4.78 is 5.28. The minimum atomic E-state index is -0.278. The van der Waals surface area contributed by atoms with Crippen LogP contribution in [0, 0.1) is 5.92 Å². The van der Waals surface area contributed by atoms with Gasteiger partial charge in [0, 0.05) is 22.8 Å². The van der Waals surface area contributed by atoms with E-state index in [1.54, 1.807) is 12.3 Å². The maximum atomic E-state index is 12.0. The van der Waals surface area contributed by atoms with E-state index >= 15 is 0 Å². The van der Waals surface area contributed by atoms with Gasteiger partial charge in [-0.2, -0.15) is 0 Å². The number of fused-ring (bicyclic) bond motifs is 1. The number of nitrogen functional groups attached to an aromatic ring is 1. The number of esters is 1. The third-order valence-corrected chi connectivity index (χ3v) is 3.08. The van der Waals surface area contributed by atoms with Crippen molar-refractivity contribution < 1.29 is 9.53 Å². The zero-order chi connectivity index (χ0) is 13.8. The fourth-order valence-electron chi connectivity index (χ4n) is 2.05. The van der Waals surface area contributed by atoms with E-state index in [9.17, 15) is 4.79 Å². The fourth-order valence-corrected chi connectivity index (χ4v) is 2.05. The zero-order valence-electron chi connectivity index (χ0n) is 11.4. The molecule has 2 rings (SSSR count). The first-order valence-electron chi connectivity index (χ1n) is 6.61. The number of hydrogen-bond acceptors (Lipinski definition) is 3. The molecule has 1 aromatic carbocycles. The predicted molar refractivity (Wildman–Crippen MR) is 77.1 cm³/mol. The highest BCUT2D eigenvalue weighted by Crippen LogP contribution is 2.21. The summed E-state index contributed by atoms with van der Waals surface area (Å²) in [5.74, 6) is 0.356. The summed E-state index contributed by atoms with van der Waals surface area (Å²) in [6, 6.07) is 5.43. The highest BCUT2D eigenvalue weighted by Gasteiger charge is 2.13. The number of carbonyl (C=O) groups is 1. The number of rotatable bonds is 5. The molecule has 0 saturated heterocycles. The number of H-pyrrole nitrogens is 1. The molecule has 0 atom stereocenters. The highest BCUT2D eigenvalue weighted by molar-refractivity contribution is 6.04. The maximum Gasteiger partial charge on any atom is 0.340 e. The predicted octanol–water partition coefficient (Wildman–Crippen LogP) is 3.34. The minimum absolute atomic E-state index is 0.278. The Bertz CT molecular complexity index is 573. The van der Waals surface area contributed by atoms with E-state index in [0.29, 0.717) is 23.8 Å². The molecule has 0 saturated carbocycles. The van der Waals surface area contributed by atoms with E-state index in [1.807, 2.05) is 12.1 Å². The third-order valence-electron chi connectivity index (χ3n) is 3.08. The molecular weight excluding hydrogens is 240 g/mol. The number of benzene rings is 1. The molecule has 0 spiro atoms. The van der Waals surface area contributed by atoms with E-state index in [1.165, 1.54) is 0 Å². The molecular formula is C15H20N2O2. The molecule has 102 valence electrons. The van der Waals surface area contributed by atoms with Crippen molar-refractivity contribution in [1.82, 2.24) is 4.98 Å². The van der Waals surface area contributed by atoms with Crippen LogP contribution < -0.4 is 5.73 Å². The Morgan fingerprint density at radius 2 is 2.21 bits per heavy atom. The molecule has 0 fully saturated rings. The number of aromatic nitrogens is 1. The van der Waals surface area contributed by atoms with Crippen molar-refractivity contribution in [3.05, 3.63) is 30.0 Å². The van der Waals surface area contributed by atoms with E-state index in [2.05, 4.69) is 18.8 Å². The number of anilines is 1. The average Bonchev–Trinajstić information content (AvgIpc) is 2.77. The van der Waals surface area contributed by atoms with Crippen molar-refractivity contribution in [3.8, 4) is 0 Å². The van der Waals surface area contributed by atoms with Gasteiger partial charge in [0.1, 0.15) is 0 Å². The molecule has 0 radical (unpaired) electrons. The first-order valence-corrected chi connectivity index (χ1v) is 6.61. The molecule has 4 nitrogen and oxygen atoms in total. The lowest BCUT2D eigenvalue weighted by Crippen LogP contribution is -2.06. The molecule has 0 aliphatic carbocycles. The number of carbonyl (C=O) groups excluding carboxylic acids is 1. The van der Waals surface area contributed by atoms with Gasteiger partial charge in [0.2, 0.25) is 0 Å². The Morgan fingerprint density at radius 1 is 1.42 bits per heavy atom. The minimum Gasteiger partial charge on any atom is -0.462 e. The van der Waals surface area contributed by atoms with Crippen molar-refractivity contribution in [1.29, 1.82) is 0 Å². The van der Waals surface area contributed by atoms with Crippen molar-refractivity contribution in [2.24, 2.45) is 5.92 Å². The second kappa shape index (κ2) is 5.78. The molecule has 3 N–H and O–H groups in total. The van der Waals surface area contributed by atoms with E-state index in [0.717, 1.165) is 23.7 Å². The largest absolute Gasteiger partial charge is 0.462 e. The monoisotopic (exact) mass is 260 g/mol. The van der Waals surface area contributed by atoms with Crippen LogP contribution in [-0.4, -0.2) is 17.6 Å². The highest BCUT2D eigenvalue weighted by atomic mass is 16.5. The Balaban J connectivity index is 2.01. The van der Waals surface area contributed by atoms with Crippen LogP contribution in [0.4, 0.5) is 5.69 Å². The number of nitrogens with one attached hydrogen (secondary N) is 1. The number of ether oxygens (including phenoxy) is 1. The zero-order valence-corrected chi connectivity index (χ0v) is 11.4. The summed E-state index contributed by atoms with van der Waals surface area (Å²) in [5, 5.41) is 0.850. The summed E-state index contributed by atoms with van der Waals surface area (Å²) >= 11 is 0. The maximum absolute atomic E-state index is 12.0. The quantitative estimate of drug-likeness (QED) is 0.492. The molecule has 0 unspecified atom stereocenters. The molecule has 0 aliphatic rings. The van der Waals surface area contributed by atoms with Crippen LogP contribution in [0.5, 0.6) is 0 Å². The second-order valence-corrected chi connectivity index (χ2v) is 5.18. The lowest BCUT2D eigenvalue weighted by molar-refractivity contribution is 0.0497. The topological polar surface area (TPSA) is 68.1 Å². The number of aromatic amines is 1. The Hall–Kier alpha value is -1.97. The van der Waals surface area contributed by atoms with Crippen LogP contribution in [0.15, 0.2) is 24.4 Å². The Labute approximate surface area is 112 Å². The Kier molecular flexibility index (Phi) is 4.10. The van der Waals surface area contributed by atoms with Gasteiger partial charge in [-0.15, -0.1) is 0 Å². The molecule has 4 heteroatoms. The van der Waals surface area contributed by atoms with Crippen molar-refractivity contribution in [2.75, 3.05) is 12.3 Å². The van der Waals surface area contributed by atoms with Gasteiger partial charge in [-0.1, -0.05) is 13.8 Å². The van der Waals surface area contributed by atoms with Gasteiger partial charge >= 0.3 is 5.97 Å². The summed E-state index contributed by atoms with van der Waals surface area (Å²) in [6.07, 6.45) is 3.64. The Morgan fingerprint density at radius 3 is 2.95 bits per heavy atom. The van der Waals surface area contributed by atoms with Crippen molar-refractivity contribution in [3.63, 3.8) is 0 Å². The standard InChI is InChI=1S/C15H20N2O2/c1-10(2)4-3-7-19-15(18)13-9-17-14-8-11(16)5-6-12(13)14/h5-6,8-10,17H,3-4,7,16H2,1-2H3. The van der Waals surface area contributed by atoms with Crippen molar-refractivity contribution >= 4 is 22.6 Å². The van der Waals surface area contributed by atoms with Gasteiger partial charge in [0.25, 0.3) is 0 Å².